The van der Waals surface area contributed by atoms with E-state index < -0.39 is 0 Å². The molecule has 3 heterocycles. The number of nitrogens with zero attached hydrogens (tertiary/aromatic N) is 4. The highest BCUT2D eigenvalue weighted by Crippen LogP contribution is 2.15. The molecule has 0 aliphatic rings. The van der Waals surface area contributed by atoms with Crippen molar-refractivity contribution in [2.45, 2.75) is 6.54 Å². The second kappa shape index (κ2) is 5.24. The number of aromatic nitrogens is 4. The molecule has 6 heteroatoms. The average Bonchev–Trinajstić information content (AvgIpc) is 3.09. The Morgan fingerprint density at radius 1 is 1.09 bits per heavy atom. The van der Waals surface area contributed by atoms with Crippen LogP contribution in [-0.4, -0.2) is 26.3 Å². The lowest BCUT2D eigenvalue weighted by atomic mass is 10.2. The van der Waals surface area contributed by atoms with Gasteiger partial charge in [-0.2, -0.15) is 5.10 Å². The number of methoxy groups -OCH3 is 1. The molecule has 114 valence electrons. The number of hydrogen-bond acceptors (Lipinski definition) is 4. The van der Waals surface area contributed by atoms with Crippen LogP contribution in [-0.2, 0) is 6.54 Å². The molecule has 0 aliphatic carbocycles. The standard InChI is InChI=1S/C17H14N4O2/c1-23-13-4-2-12(3-5-13)11-20-16-7-9-19-21(16)15-10-18-8-6-14(15)17(20)22/h2-10H,11H2,1H3. The van der Waals surface area contributed by atoms with Crippen LogP contribution in [0.1, 0.15) is 5.56 Å². The Morgan fingerprint density at radius 2 is 1.91 bits per heavy atom. The molecule has 0 saturated carbocycles. The first-order chi connectivity index (χ1) is 11.3. The van der Waals surface area contributed by atoms with Crippen LogP contribution < -0.4 is 10.3 Å². The normalized spacial score (nSPS) is 11.2. The predicted octanol–water partition coefficient (Wildman–Crippen LogP) is 2.10. The van der Waals surface area contributed by atoms with E-state index in [1.807, 2.05) is 30.3 Å². The van der Waals surface area contributed by atoms with Gasteiger partial charge >= 0.3 is 0 Å². The lowest BCUT2D eigenvalue weighted by molar-refractivity contribution is 0.414. The van der Waals surface area contributed by atoms with Gasteiger partial charge in [-0.15, -0.1) is 0 Å². The molecule has 4 rings (SSSR count). The van der Waals surface area contributed by atoms with E-state index in [2.05, 4.69) is 10.1 Å². The van der Waals surface area contributed by atoms with Crippen LogP contribution in [0.3, 0.4) is 0 Å². The Morgan fingerprint density at radius 3 is 2.70 bits per heavy atom. The van der Waals surface area contributed by atoms with Gasteiger partial charge in [-0.25, -0.2) is 4.52 Å². The van der Waals surface area contributed by atoms with Gasteiger partial charge in [-0.1, -0.05) is 12.1 Å². The van der Waals surface area contributed by atoms with Crippen LogP contribution in [0.5, 0.6) is 5.75 Å². The van der Waals surface area contributed by atoms with Crippen molar-refractivity contribution in [1.82, 2.24) is 19.2 Å². The van der Waals surface area contributed by atoms with Crippen LogP contribution >= 0.6 is 0 Å². The second-order valence-corrected chi connectivity index (χ2v) is 5.23. The summed E-state index contributed by atoms with van der Waals surface area (Å²) in [6.45, 7) is 0.469. The number of pyridine rings is 1. The maximum atomic E-state index is 12.8. The summed E-state index contributed by atoms with van der Waals surface area (Å²) in [6, 6.07) is 11.2. The monoisotopic (exact) mass is 306 g/mol. The second-order valence-electron chi connectivity index (χ2n) is 5.23. The van der Waals surface area contributed by atoms with E-state index in [9.17, 15) is 4.79 Å². The van der Waals surface area contributed by atoms with E-state index in [4.69, 9.17) is 4.74 Å². The third kappa shape index (κ3) is 2.15. The van der Waals surface area contributed by atoms with E-state index in [1.165, 1.54) is 0 Å². The summed E-state index contributed by atoms with van der Waals surface area (Å²) in [7, 11) is 1.63. The molecule has 0 radical (unpaired) electrons. The fourth-order valence-electron chi connectivity index (χ4n) is 2.74. The van der Waals surface area contributed by atoms with E-state index in [0.29, 0.717) is 17.4 Å². The summed E-state index contributed by atoms with van der Waals surface area (Å²) in [4.78, 5) is 16.9. The SMILES string of the molecule is COc1ccc(Cn2c(=O)c3ccncc3n3nccc23)cc1. The van der Waals surface area contributed by atoms with Crippen molar-refractivity contribution >= 4 is 16.6 Å². The summed E-state index contributed by atoms with van der Waals surface area (Å²) >= 11 is 0. The molecule has 0 N–H and O–H groups in total. The Balaban J connectivity index is 1.92. The van der Waals surface area contributed by atoms with Crippen LogP contribution in [0.4, 0.5) is 0 Å². The van der Waals surface area contributed by atoms with Gasteiger partial charge in [0, 0.05) is 12.3 Å². The fraction of sp³-hybridized carbons (Fsp3) is 0.118. The minimum atomic E-state index is -0.0498. The highest BCUT2D eigenvalue weighted by Gasteiger charge is 2.11. The van der Waals surface area contributed by atoms with Gasteiger partial charge in [-0.05, 0) is 23.8 Å². The topological polar surface area (TPSA) is 61.4 Å². The van der Waals surface area contributed by atoms with Gasteiger partial charge < -0.3 is 4.74 Å². The zero-order chi connectivity index (χ0) is 15.8. The Labute approximate surface area is 131 Å². The molecule has 0 amide bonds. The summed E-state index contributed by atoms with van der Waals surface area (Å²) in [5, 5.41) is 4.92. The highest BCUT2D eigenvalue weighted by molar-refractivity contribution is 5.79. The molecule has 0 atom stereocenters. The Bertz CT molecular complexity index is 1050. The summed E-state index contributed by atoms with van der Waals surface area (Å²) in [5.41, 5.74) is 2.42. The van der Waals surface area contributed by atoms with Crippen LogP contribution in [0, 0.1) is 0 Å². The van der Waals surface area contributed by atoms with Crippen molar-refractivity contribution in [1.29, 1.82) is 0 Å². The van der Waals surface area contributed by atoms with E-state index in [-0.39, 0.29) is 5.56 Å². The zero-order valence-corrected chi connectivity index (χ0v) is 12.5. The van der Waals surface area contributed by atoms with Crippen LogP contribution in [0.25, 0.3) is 16.6 Å². The lowest BCUT2D eigenvalue weighted by Crippen LogP contribution is -2.23. The molecule has 6 nitrogen and oxygen atoms in total. The van der Waals surface area contributed by atoms with Crippen molar-refractivity contribution in [3.63, 3.8) is 0 Å². The maximum Gasteiger partial charge on any atom is 0.262 e. The lowest BCUT2D eigenvalue weighted by Gasteiger charge is -2.11. The predicted molar refractivity (Wildman–Crippen MR) is 86.8 cm³/mol. The molecule has 23 heavy (non-hydrogen) atoms. The van der Waals surface area contributed by atoms with Crippen molar-refractivity contribution in [2.75, 3.05) is 7.11 Å². The Kier molecular flexibility index (Phi) is 3.08. The van der Waals surface area contributed by atoms with E-state index >= 15 is 0 Å². The molecule has 0 aliphatic heterocycles. The summed E-state index contributed by atoms with van der Waals surface area (Å²) in [6.07, 6.45) is 4.97. The largest absolute Gasteiger partial charge is 0.497 e. The Hall–Kier alpha value is -3.15. The first kappa shape index (κ1) is 13.5. The van der Waals surface area contributed by atoms with Gasteiger partial charge in [0.05, 0.1) is 37.0 Å². The third-order valence-electron chi connectivity index (χ3n) is 3.90. The molecular weight excluding hydrogens is 292 g/mol. The van der Waals surface area contributed by atoms with Crippen molar-refractivity contribution < 1.29 is 4.74 Å². The van der Waals surface area contributed by atoms with Gasteiger partial charge in [0.2, 0.25) is 0 Å². The molecule has 0 saturated heterocycles. The fourth-order valence-corrected chi connectivity index (χ4v) is 2.74. The van der Waals surface area contributed by atoms with Crippen molar-refractivity contribution in [3.8, 4) is 5.75 Å². The van der Waals surface area contributed by atoms with Gasteiger partial charge in [-0.3, -0.25) is 14.3 Å². The van der Waals surface area contributed by atoms with E-state index in [0.717, 1.165) is 17.0 Å². The average molecular weight is 306 g/mol. The number of hydrogen-bond donors (Lipinski definition) is 0. The number of fused-ring (bicyclic) bond motifs is 3. The van der Waals surface area contributed by atoms with Gasteiger partial charge in [0.25, 0.3) is 5.56 Å². The van der Waals surface area contributed by atoms with Crippen LogP contribution in [0.2, 0.25) is 0 Å². The molecule has 0 fully saturated rings. The molecule has 0 unspecified atom stereocenters. The molecular formula is C17H14N4O2. The van der Waals surface area contributed by atoms with Gasteiger partial charge in [0.15, 0.2) is 0 Å². The van der Waals surface area contributed by atoms with Crippen LogP contribution in [0.15, 0.2) is 59.8 Å². The molecule has 0 bridgehead atoms. The first-order valence-electron chi connectivity index (χ1n) is 7.21. The number of benzene rings is 1. The minimum Gasteiger partial charge on any atom is -0.497 e. The first-order valence-corrected chi connectivity index (χ1v) is 7.21. The smallest absolute Gasteiger partial charge is 0.262 e. The van der Waals surface area contributed by atoms with E-state index in [1.54, 1.807) is 40.8 Å². The maximum absolute atomic E-state index is 12.8. The molecule has 4 aromatic rings. The minimum absolute atomic E-state index is 0.0498. The molecule has 0 spiro atoms. The summed E-state index contributed by atoms with van der Waals surface area (Å²) < 4.78 is 8.63. The summed E-state index contributed by atoms with van der Waals surface area (Å²) in [5.74, 6) is 0.792. The van der Waals surface area contributed by atoms with Gasteiger partial charge in [0.1, 0.15) is 11.4 Å². The van der Waals surface area contributed by atoms with Crippen molar-refractivity contribution in [3.05, 3.63) is 70.9 Å². The quantitative estimate of drug-likeness (QED) is 0.581. The molecule has 1 aromatic carbocycles. The van der Waals surface area contributed by atoms with Crippen molar-refractivity contribution in [2.24, 2.45) is 0 Å². The number of ether oxygens (including phenoxy) is 1. The highest BCUT2D eigenvalue weighted by atomic mass is 16.5. The molecule has 3 aromatic heterocycles. The number of rotatable bonds is 3. The third-order valence-corrected chi connectivity index (χ3v) is 3.90. The zero-order valence-electron chi connectivity index (χ0n) is 12.5.